The molecule has 10 heteroatoms. The Bertz CT molecular complexity index is 914. The van der Waals surface area contributed by atoms with E-state index in [9.17, 15) is 23.3 Å². The second-order valence-electron chi connectivity index (χ2n) is 5.15. The number of sulfonamides is 1. The molecule has 0 radical (unpaired) electrons. The summed E-state index contributed by atoms with van der Waals surface area (Å²) in [6, 6.07) is 11.8. The molecule has 2 aromatic rings. The maximum Gasteiger partial charge on any atom is 0.310 e. The van der Waals surface area contributed by atoms with Gasteiger partial charge in [0.25, 0.3) is 5.91 Å². The molecule has 0 spiro atoms. The molecule has 0 atom stereocenters. The standard InChI is InChI=1S/C16H17N3O6S/c1-17-26(23,24)13-6-4-5-12(9-13)10-18-16(20)11-25-15-8-3-2-7-14(15)19(21)22/h2-9,17H,10-11H2,1H3,(H,18,20). The summed E-state index contributed by atoms with van der Waals surface area (Å²) in [5, 5.41) is 13.5. The number of nitro groups is 1. The van der Waals surface area contributed by atoms with Crippen LogP contribution in [-0.2, 0) is 21.4 Å². The van der Waals surface area contributed by atoms with Crippen molar-refractivity contribution in [2.75, 3.05) is 13.7 Å². The summed E-state index contributed by atoms with van der Waals surface area (Å²) in [4.78, 5) is 22.2. The van der Waals surface area contributed by atoms with Gasteiger partial charge in [0, 0.05) is 12.6 Å². The van der Waals surface area contributed by atoms with Crippen LogP contribution in [0.4, 0.5) is 5.69 Å². The van der Waals surface area contributed by atoms with Gasteiger partial charge in [-0.05, 0) is 30.8 Å². The van der Waals surface area contributed by atoms with E-state index in [1.54, 1.807) is 18.2 Å². The van der Waals surface area contributed by atoms with Crippen LogP contribution in [0, 0.1) is 10.1 Å². The molecule has 0 aromatic heterocycles. The molecule has 2 rings (SSSR count). The minimum Gasteiger partial charge on any atom is -0.477 e. The Balaban J connectivity index is 1.94. The Hall–Kier alpha value is -2.98. The van der Waals surface area contributed by atoms with Crippen molar-refractivity contribution in [3.63, 3.8) is 0 Å². The van der Waals surface area contributed by atoms with Crippen LogP contribution in [0.25, 0.3) is 0 Å². The molecule has 0 aliphatic rings. The van der Waals surface area contributed by atoms with Crippen LogP contribution in [-0.4, -0.2) is 32.9 Å². The molecule has 2 N–H and O–H groups in total. The zero-order chi connectivity index (χ0) is 19.2. The predicted molar refractivity (Wildman–Crippen MR) is 93.1 cm³/mol. The van der Waals surface area contributed by atoms with Gasteiger partial charge in [-0.15, -0.1) is 0 Å². The lowest BCUT2D eigenvalue weighted by molar-refractivity contribution is -0.385. The van der Waals surface area contributed by atoms with Gasteiger partial charge in [-0.2, -0.15) is 0 Å². The molecule has 0 heterocycles. The van der Waals surface area contributed by atoms with E-state index in [2.05, 4.69) is 10.0 Å². The van der Waals surface area contributed by atoms with Gasteiger partial charge in [0.1, 0.15) is 0 Å². The van der Waals surface area contributed by atoms with Crippen LogP contribution in [0.2, 0.25) is 0 Å². The molecule has 0 saturated heterocycles. The smallest absolute Gasteiger partial charge is 0.310 e. The number of nitrogens with one attached hydrogen (secondary N) is 2. The Morgan fingerprint density at radius 2 is 1.92 bits per heavy atom. The van der Waals surface area contributed by atoms with E-state index in [4.69, 9.17) is 4.74 Å². The highest BCUT2D eigenvalue weighted by Crippen LogP contribution is 2.25. The second kappa shape index (κ2) is 8.41. The number of para-hydroxylation sites is 2. The molecular weight excluding hydrogens is 362 g/mol. The number of nitro benzene ring substituents is 1. The third-order valence-corrected chi connectivity index (χ3v) is 4.80. The van der Waals surface area contributed by atoms with Crippen molar-refractivity contribution in [3.05, 3.63) is 64.2 Å². The van der Waals surface area contributed by atoms with E-state index in [-0.39, 0.29) is 22.9 Å². The number of carbonyl (C=O) groups excluding carboxylic acids is 1. The normalized spacial score (nSPS) is 11.0. The SMILES string of the molecule is CNS(=O)(=O)c1cccc(CNC(=O)COc2ccccc2[N+](=O)[O-])c1. The Morgan fingerprint density at radius 3 is 2.62 bits per heavy atom. The van der Waals surface area contributed by atoms with E-state index in [0.29, 0.717) is 5.56 Å². The highest BCUT2D eigenvalue weighted by Gasteiger charge is 2.15. The number of hydrogen-bond donors (Lipinski definition) is 2. The fourth-order valence-corrected chi connectivity index (χ4v) is 2.87. The molecule has 2 aromatic carbocycles. The molecule has 1 amide bonds. The van der Waals surface area contributed by atoms with Crippen LogP contribution in [0.15, 0.2) is 53.4 Å². The molecule has 0 bridgehead atoms. The van der Waals surface area contributed by atoms with Gasteiger partial charge < -0.3 is 10.1 Å². The Morgan fingerprint density at radius 1 is 1.19 bits per heavy atom. The zero-order valence-electron chi connectivity index (χ0n) is 13.8. The summed E-state index contributed by atoms with van der Waals surface area (Å²) in [5.74, 6) is -0.500. The number of nitrogens with zero attached hydrogens (tertiary/aromatic N) is 1. The Labute approximate surface area is 150 Å². The van der Waals surface area contributed by atoms with Crippen LogP contribution < -0.4 is 14.8 Å². The minimum absolute atomic E-state index is 0.00485. The van der Waals surface area contributed by atoms with Gasteiger partial charge in [-0.1, -0.05) is 24.3 Å². The largest absolute Gasteiger partial charge is 0.477 e. The third-order valence-electron chi connectivity index (χ3n) is 3.39. The van der Waals surface area contributed by atoms with Crippen molar-refractivity contribution in [2.24, 2.45) is 0 Å². The number of hydrogen-bond acceptors (Lipinski definition) is 6. The summed E-state index contributed by atoms with van der Waals surface area (Å²) in [6.07, 6.45) is 0. The van der Waals surface area contributed by atoms with E-state index in [0.717, 1.165) is 0 Å². The minimum atomic E-state index is -3.57. The van der Waals surface area contributed by atoms with Crippen molar-refractivity contribution >= 4 is 21.6 Å². The average molecular weight is 379 g/mol. The first-order valence-corrected chi connectivity index (χ1v) is 8.97. The molecular formula is C16H17N3O6S. The van der Waals surface area contributed by atoms with Crippen molar-refractivity contribution in [1.82, 2.24) is 10.0 Å². The highest BCUT2D eigenvalue weighted by atomic mass is 32.2. The van der Waals surface area contributed by atoms with Gasteiger partial charge in [0.05, 0.1) is 9.82 Å². The van der Waals surface area contributed by atoms with Crippen molar-refractivity contribution in [3.8, 4) is 5.75 Å². The van der Waals surface area contributed by atoms with Crippen molar-refractivity contribution < 1.29 is 22.9 Å². The molecule has 0 fully saturated rings. The molecule has 0 aliphatic carbocycles. The van der Waals surface area contributed by atoms with E-state index < -0.39 is 27.5 Å². The topological polar surface area (TPSA) is 128 Å². The molecule has 26 heavy (non-hydrogen) atoms. The van der Waals surface area contributed by atoms with Gasteiger partial charge >= 0.3 is 5.69 Å². The monoisotopic (exact) mass is 379 g/mol. The van der Waals surface area contributed by atoms with Gasteiger partial charge in [-0.3, -0.25) is 14.9 Å². The number of benzene rings is 2. The lowest BCUT2D eigenvalue weighted by Gasteiger charge is -2.09. The summed E-state index contributed by atoms with van der Waals surface area (Å²) < 4.78 is 30.9. The van der Waals surface area contributed by atoms with E-state index in [1.807, 2.05) is 0 Å². The molecule has 0 saturated carbocycles. The van der Waals surface area contributed by atoms with Gasteiger partial charge in [0.2, 0.25) is 10.0 Å². The maximum atomic E-state index is 11.9. The second-order valence-corrected chi connectivity index (χ2v) is 7.03. The molecule has 138 valence electrons. The number of amides is 1. The molecule has 0 unspecified atom stereocenters. The number of carbonyl (C=O) groups is 1. The first-order chi connectivity index (χ1) is 12.3. The van der Waals surface area contributed by atoms with Crippen LogP contribution >= 0.6 is 0 Å². The number of rotatable bonds is 8. The van der Waals surface area contributed by atoms with Crippen LogP contribution in [0.1, 0.15) is 5.56 Å². The van der Waals surface area contributed by atoms with Gasteiger partial charge in [0.15, 0.2) is 12.4 Å². The van der Waals surface area contributed by atoms with Crippen LogP contribution in [0.3, 0.4) is 0 Å². The Kier molecular flexibility index (Phi) is 6.26. The highest BCUT2D eigenvalue weighted by molar-refractivity contribution is 7.89. The maximum absolute atomic E-state index is 11.9. The third kappa shape index (κ3) is 5.01. The molecule has 9 nitrogen and oxygen atoms in total. The van der Waals surface area contributed by atoms with Crippen LogP contribution in [0.5, 0.6) is 5.75 Å². The fourth-order valence-electron chi connectivity index (χ4n) is 2.07. The predicted octanol–water partition coefficient (Wildman–Crippen LogP) is 1.20. The lowest BCUT2D eigenvalue weighted by atomic mass is 10.2. The van der Waals surface area contributed by atoms with Crippen molar-refractivity contribution in [2.45, 2.75) is 11.4 Å². The van der Waals surface area contributed by atoms with Crippen molar-refractivity contribution in [1.29, 1.82) is 0 Å². The number of ether oxygens (including phenoxy) is 1. The summed E-state index contributed by atoms with van der Waals surface area (Å²) in [7, 11) is -2.26. The zero-order valence-corrected chi connectivity index (χ0v) is 14.7. The first-order valence-electron chi connectivity index (χ1n) is 7.49. The summed E-state index contributed by atoms with van der Waals surface area (Å²) in [6.45, 7) is -0.314. The first kappa shape index (κ1) is 19.3. The van der Waals surface area contributed by atoms with E-state index in [1.165, 1.54) is 37.4 Å². The summed E-state index contributed by atoms with van der Waals surface area (Å²) in [5.41, 5.74) is 0.352. The van der Waals surface area contributed by atoms with Gasteiger partial charge in [-0.25, -0.2) is 13.1 Å². The average Bonchev–Trinajstić information content (AvgIpc) is 2.65. The quantitative estimate of drug-likeness (QED) is 0.524. The van der Waals surface area contributed by atoms with E-state index >= 15 is 0 Å². The summed E-state index contributed by atoms with van der Waals surface area (Å²) >= 11 is 0. The lowest BCUT2D eigenvalue weighted by Crippen LogP contribution is -2.28. The molecule has 0 aliphatic heterocycles. The fraction of sp³-hybridized carbons (Fsp3) is 0.188.